The molecule has 4 aromatic rings. The van der Waals surface area contributed by atoms with Gasteiger partial charge in [0.05, 0.1) is 28.7 Å². The second-order valence-electron chi connectivity index (χ2n) is 7.25. The molecule has 166 valence electrons. The summed E-state index contributed by atoms with van der Waals surface area (Å²) in [5.41, 5.74) is 0.715. The van der Waals surface area contributed by atoms with Gasteiger partial charge in [0.15, 0.2) is 5.13 Å². The maximum atomic E-state index is 13.7. The summed E-state index contributed by atoms with van der Waals surface area (Å²) in [5, 5.41) is 11.3. The van der Waals surface area contributed by atoms with E-state index in [0.29, 0.717) is 28.1 Å². The van der Waals surface area contributed by atoms with E-state index in [9.17, 15) is 19.1 Å². The van der Waals surface area contributed by atoms with E-state index in [-0.39, 0.29) is 22.2 Å². The number of hydrogen-bond acceptors (Lipinski definition) is 7. The molecule has 0 aliphatic carbocycles. The number of carbonyl (C=O) groups excluding carboxylic acids is 2. The Bertz CT molecular complexity index is 1390. The molecule has 1 fully saturated rings. The van der Waals surface area contributed by atoms with Crippen molar-refractivity contribution in [2.75, 3.05) is 11.5 Å². The topological polar surface area (TPSA) is 92.9 Å². The normalized spacial score (nSPS) is 17.8. The fourth-order valence-electron chi connectivity index (χ4n) is 3.77. The Hall–Kier alpha value is -3.98. The van der Waals surface area contributed by atoms with Crippen LogP contribution in [0.15, 0.2) is 70.9 Å². The number of ketones is 1. The highest BCUT2D eigenvalue weighted by atomic mass is 32.1. The van der Waals surface area contributed by atoms with Gasteiger partial charge in [0.25, 0.3) is 5.78 Å². The van der Waals surface area contributed by atoms with Crippen LogP contribution in [0.25, 0.3) is 16.0 Å². The fraction of sp³-hybridized carbons (Fsp3) is 0.125. The van der Waals surface area contributed by atoms with Gasteiger partial charge in [0.2, 0.25) is 0 Å². The first kappa shape index (κ1) is 20.9. The second kappa shape index (κ2) is 8.18. The van der Waals surface area contributed by atoms with Crippen molar-refractivity contribution in [3.05, 3.63) is 83.6 Å². The minimum absolute atomic E-state index is 0.121. The quantitative estimate of drug-likeness (QED) is 0.252. The summed E-state index contributed by atoms with van der Waals surface area (Å²) in [4.78, 5) is 31.8. The molecule has 0 spiro atoms. The SMILES string of the molecule is CCOc1ccc(/C(O)=C2\C(=O)C(=O)N(c3nc4ccc(F)cc4s3)C2c2ccco2)cc1. The van der Waals surface area contributed by atoms with Crippen LogP contribution >= 0.6 is 11.3 Å². The highest BCUT2D eigenvalue weighted by molar-refractivity contribution is 7.22. The molecule has 2 aromatic carbocycles. The highest BCUT2D eigenvalue weighted by Gasteiger charge is 2.49. The van der Waals surface area contributed by atoms with Crippen molar-refractivity contribution in [3.63, 3.8) is 0 Å². The van der Waals surface area contributed by atoms with Crippen LogP contribution < -0.4 is 9.64 Å². The number of carbonyl (C=O) groups is 2. The molecule has 0 bridgehead atoms. The average molecular weight is 464 g/mol. The summed E-state index contributed by atoms with van der Waals surface area (Å²) in [5.74, 6) is -1.60. The van der Waals surface area contributed by atoms with Gasteiger partial charge in [-0.3, -0.25) is 14.5 Å². The van der Waals surface area contributed by atoms with Crippen LogP contribution in [0.4, 0.5) is 9.52 Å². The zero-order valence-electron chi connectivity index (χ0n) is 17.3. The van der Waals surface area contributed by atoms with Crippen LogP contribution in [0.1, 0.15) is 24.3 Å². The predicted molar refractivity (Wildman–Crippen MR) is 121 cm³/mol. The number of furan rings is 1. The third kappa shape index (κ3) is 3.56. The first-order chi connectivity index (χ1) is 16.0. The van der Waals surface area contributed by atoms with Crippen molar-refractivity contribution in [2.24, 2.45) is 0 Å². The zero-order chi connectivity index (χ0) is 23.1. The van der Waals surface area contributed by atoms with Gasteiger partial charge in [-0.15, -0.1) is 0 Å². The van der Waals surface area contributed by atoms with Crippen LogP contribution in [0.3, 0.4) is 0 Å². The van der Waals surface area contributed by atoms with Crippen molar-refractivity contribution in [2.45, 2.75) is 13.0 Å². The average Bonchev–Trinajstić information content (AvgIpc) is 3.53. The predicted octanol–water partition coefficient (Wildman–Crippen LogP) is 5.05. The molecule has 9 heteroatoms. The molecule has 7 nitrogen and oxygen atoms in total. The van der Waals surface area contributed by atoms with E-state index < -0.39 is 23.5 Å². The van der Waals surface area contributed by atoms with Gasteiger partial charge in [-0.05, 0) is 61.5 Å². The van der Waals surface area contributed by atoms with E-state index in [2.05, 4.69) is 4.98 Å². The van der Waals surface area contributed by atoms with Gasteiger partial charge in [-0.1, -0.05) is 11.3 Å². The Balaban J connectivity index is 1.65. The maximum Gasteiger partial charge on any atom is 0.302 e. The first-order valence-corrected chi connectivity index (χ1v) is 10.9. The number of aliphatic hydroxyl groups excluding tert-OH is 1. The van der Waals surface area contributed by atoms with E-state index in [1.165, 1.54) is 29.4 Å². The molecule has 0 saturated carbocycles. The molecule has 3 heterocycles. The monoisotopic (exact) mass is 464 g/mol. The molecule has 1 saturated heterocycles. The molecule has 1 atom stereocenters. The number of halogens is 1. The van der Waals surface area contributed by atoms with Gasteiger partial charge in [0.1, 0.15) is 29.1 Å². The molecule has 1 amide bonds. The molecule has 1 aliphatic heterocycles. The lowest BCUT2D eigenvalue weighted by Gasteiger charge is -2.20. The third-order valence-corrected chi connectivity index (χ3v) is 6.26. The number of hydrogen-bond donors (Lipinski definition) is 1. The summed E-state index contributed by atoms with van der Waals surface area (Å²) >= 11 is 1.07. The van der Waals surface area contributed by atoms with E-state index in [4.69, 9.17) is 9.15 Å². The van der Waals surface area contributed by atoms with Gasteiger partial charge in [-0.2, -0.15) is 0 Å². The number of amides is 1. The Kier molecular flexibility index (Phi) is 5.18. The fourth-order valence-corrected chi connectivity index (χ4v) is 4.78. The molecular formula is C24H17FN2O5S. The van der Waals surface area contributed by atoms with E-state index in [1.807, 2.05) is 6.92 Å². The highest BCUT2D eigenvalue weighted by Crippen LogP contribution is 2.44. The number of thiazole rings is 1. The van der Waals surface area contributed by atoms with Crippen molar-refractivity contribution < 1.29 is 28.2 Å². The number of aliphatic hydroxyl groups is 1. The van der Waals surface area contributed by atoms with Gasteiger partial charge in [0, 0.05) is 5.56 Å². The maximum absolute atomic E-state index is 13.7. The Morgan fingerprint density at radius 3 is 2.70 bits per heavy atom. The number of nitrogens with zero attached hydrogens (tertiary/aromatic N) is 2. The third-order valence-electron chi connectivity index (χ3n) is 5.24. The number of aromatic nitrogens is 1. The van der Waals surface area contributed by atoms with Gasteiger partial charge < -0.3 is 14.3 Å². The summed E-state index contributed by atoms with van der Waals surface area (Å²) < 4.78 is 25.2. The number of anilines is 1. The van der Waals surface area contributed by atoms with Crippen molar-refractivity contribution in [3.8, 4) is 5.75 Å². The van der Waals surface area contributed by atoms with Crippen LogP contribution in [-0.2, 0) is 9.59 Å². The van der Waals surface area contributed by atoms with Gasteiger partial charge in [-0.25, -0.2) is 9.37 Å². The standard InChI is InChI=1S/C24H17FN2O5S/c1-2-31-15-8-5-13(6-9-15)21(28)19-20(17-4-3-11-32-17)27(23(30)22(19)29)24-26-16-10-7-14(25)12-18(16)33-24/h3-12,20,28H,2H2,1H3/b21-19+. The second-order valence-corrected chi connectivity index (χ2v) is 8.26. The van der Waals surface area contributed by atoms with Crippen LogP contribution in [0.5, 0.6) is 5.75 Å². The lowest BCUT2D eigenvalue weighted by atomic mass is 9.99. The molecule has 0 radical (unpaired) electrons. The minimum atomic E-state index is -1.03. The van der Waals surface area contributed by atoms with E-state index in [0.717, 1.165) is 11.3 Å². The Morgan fingerprint density at radius 2 is 2.00 bits per heavy atom. The van der Waals surface area contributed by atoms with Crippen molar-refractivity contribution in [1.82, 2.24) is 4.98 Å². The molecule has 1 N–H and O–H groups in total. The molecule has 33 heavy (non-hydrogen) atoms. The number of fused-ring (bicyclic) bond motifs is 1. The number of rotatable bonds is 5. The van der Waals surface area contributed by atoms with E-state index >= 15 is 0 Å². The van der Waals surface area contributed by atoms with E-state index in [1.54, 1.807) is 36.4 Å². The van der Waals surface area contributed by atoms with Crippen LogP contribution in [0, 0.1) is 5.82 Å². The lowest BCUT2D eigenvalue weighted by molar-refractivity contribution is -0.132. The molecular weight excluding hydrogens is 447 g/mol. The number of Topliss-reactive ketones (excluding diaryl/α,β-unsaturated/α-hetero) is 1. The lowest BCUT2D eigenvalue weighted by Crippen LogP contribution is -2.29. The zero-order valence-corrected chi connectivity index (χ0v) is 18.1. The Labute approximate surface area is 191 Å². The first-order valence-electron chi connectivity index (χ1n) is 10.1. The molecule has 1 unspecified atom stereocenters. The van der Waals surface area contributed by atoms with Crippen LogP contribution in [-0.4, -0.2) is 28.4 Å². The molecule has 1 aliphatic rings. The van der Waals surface area contributed by atoms with Crippen LogP contribution in [0.2, 0.25) is 0 Å². The number of benzene rings is 2. The minimum Gasteiger partial charge on any atom is -0.507 e. The summed E-state index contributed by atoms with van der Waals surface area (Å²) in [6.07, 6.45) is 1.42. The smallest absolute Gasteiger partial charge is 0.302 e. The van der Waals surface area contributed by atoms with Gasteiger partial charge >= 0.3 is 5.91 Å². The largest absolute Gasteiger partial charge is 0.507 e. The van der Waals surface area contributed by atoms with Crippen molar-refractivity contribution >= 4 is 44.1 Å². The number of ether oxygens (including phenoxy) is 1. The molecule has 2 aromatic heterocycles. The van der Waals surface area contributed by atoms with Crippen molar-refractivity contribution in [1.29, 1.82) is 0 Å². The Morgan fingerprint density at radius 1 is 1.21 bits per heavy atom. The summed E-state index contributed by atoms with van der Waals surface area (Å²) in [6, 6.07) is 12.8. The summed E-state index contributed by atoms with van der Waals surface area (Å²) in [6.45, 7) is 2.34. The molecule has 5 rings (SSSR count). The summed E-state index contributed by atoms with van der Waals surface area (Å²) in [7, 11) is 0.